The minimum absolute atomic E-state index is 0.0416. The third-order valence-corrected chi connectivity index (χ3v) is 4.99. The van der Waals surface area contributed by atoms with Gasteiger partial charge in [0.25, 0.3) is 0 Å². The van der Waals surface area contributed by atoms with Crippen molar-refractivity contribution in [2.45, 2.75) is 51.8 Å². The molecule has 1 amide bonds. The zero-order valence-electron chi connectivity index (χ0n) is 15.8. The number of hydrogen-bond acceptors (Lipinski definition) is 4. The summed E-state index contributed by atoms with van der Waals surface area (Å²) in [6.07, 6.45) is 1.32. The van der Waals surface area contributed by atoms with E-state index in [9.17, 15) is 9.90 Å². The Labute approximate surface area is 152 Å². The topological polar surface area (TPSA) is 55.8 Å². The molecule has 0 spiro atoms. The monoisotopic (exact) mass is 347 g/mol. The minimum Gasteiger partial charge on any atom is -0.392 e. The molecule has 1 heterocycles. The molecule has 0 radical (unpaired) electrons. The first kappa shape index (κ1) is 19.9. The summed E-state index contributed by atoms with van der Waals surface area (Å²) in [4.78, 5) is 17.0. The van der Waals surface area contributed by atoms with Crippen molar-refractivity contribution in [3.63, 3.8) is 0 Å². The van der Waals surface area contributed by atoms with Gasteiger partial charge in [-0.15, -0.1) is 0 Å². The van der Waals surface area contributed by atoms with Crippen LogP contribution in [0.3, 0.4) is 0 Å². The van der Waals surface area contributed by atoms with Crippen LogP contribution in [0, 0.1) is 0 Å². The number of hydrogen-bond donors (Lipinski definition) is 2. The van der Waals surface area contributed by atoms with Crippen LogP contribution in [-0.2, 0) is 4.79 Å². The molecule has 3 atom stereocenters. The first-order valence-electron chi connectivity index (χ1n) is 9.48. The molecule has 5 heteroatoms. The van der Waals surface area contributed by atoms with Gasteiger partial charge in [0.1, 0.15) is 0 Å². The molecule has 25 heavy (non-hydrogen) atoms. The molecular weight excluding hydrogens is 314 g/mol. The maximum Gasteiger partial charge on any atom is 0.221 e. The number of aliphatic hydroxyl groups is 1. The molecule has 140 valence electrons. The number of carbonyl (C=O) groups excluding carboxylic acids is 1. The number of aliphatic hydroxyl groups excluding tert-OH is 1. The predicted octanol–water partition coefficient (Wildman–Crippen LogP) is 2.03. The lowest BCUT2D eigenvalue weighted by atomic mass is 10.1. The maximum atomic E-state index is 12.2. The zero-order chi connectivity index (χ0) is 18.2. The van der Waals surface area contributed by atoms with Gasteiger partial charge in [0.15, 0.2) is 0 Å². The second-order valence-corrected chi connectivity index (χ2v) is 7.16. The number of nitrogens with one attached hydrogen (secondary N) is 1. The Bertz CT molecular complexity index is 521. The Hall–Kier alpha value is -1.43. The lowest BCUT2D eigenvalue weighted by molar-refractivity contribution is -0.122. The summed E-state index contributed by atoms with van der Waals surface area (Å²) in [5.74, 6) is 0.107. The van der Waals surface area contributed by atoms with Crippen LogP contribution in [0.2, 0.25) is 0 Å². The summed E-state index contributed by atoms with van der Waals surface area (Å²) in [6.45, 7) is 10.5. The number of carbonyl (C=O) groups is 1. The molecule has 0 unspecified atom stereocenters. The average molecular weight is 348 g/mol. The summed E-state index contributed by atoms with van der Waals surface area (Å²) in [5.41, 5.74) is 1.13. The number of amides is 1. The number of β-amino-alcohol motifs (C(OH)–C–C–N with tert-alkyl or cyclic N) is 1. The first-order chi connectivity index (χ1) is 12.0. The predicted molar refractivity (Wildman–Crippen MR) is 101 cm³/mol. The largest absolute Gasteiger partial charge is 0.392 e. The van der Waals surface area contributed by atoms with Gasteiger partial charge in [0.2, 0.25) is 5.91 Å². The number of nitrogens with zero attached hydrogens (tertiary/aromatic N) is 2. The fourth-order valence-electron chi connectivity index (χ4n) is 3.53. The van der Waals surface area contributed by atoms with E-state index in [2.05, 4.69) is 22.0 Å². The van der Waals surface area contributed by atoms with E-state index in [1.54, 1.807) is 0 Å². The lowest BCUT2D eigenvalue weighted by Crippen LogP contribution is -2.54. The summed E-state index contributed by atoms with van der Waals surface area (Å²) < 4.78 is 0. The summed E-state index contributed by atoms with van der Waals surface area (Å²) in [7, 11) is 0. The standard InChI is InChI=1S/C20H33N3O2/c1-4-19-15-22(12-13-23(19)14-16(2)24)11-10-20(25)21-17(3)18-8-6-5-7-9-18/h5-9,16-17,19,24H,4,10-15H2,1-3H3,(H,21,25)/t16-,17-,19+/m0/s1. The van der Waals surface area contributed by atoms with E-state index < -0.39 is 0 Å². The van der Waals surface area contributed by atoms with E-state index >= 15 is 0 Å². The van der Waals surface area contributed by atoms with Gasteiger partial charge in [-0.1, -0.05) is 37.3 Å². The Morgan fingerprint density at radius 3 is 2.64 bits per heavy atom. The molecule has 2 N–H and O–H groups in total. The highest BCUT2D eigenvalue weighted by atomic mass is 16.3. The molecule has 0 aromatic heterocycles. The molecule has 1 aliphatic heterocycles. The smallest absolute Gasteiger partial charge is 0.221 e. The molecule has 1 aromatic carbocycles. The molecule has 0 aliphatic carbocycles. The SMILES string of the molecule is CC[C@@H]1CN(CCC(=O)N[C@@H](C)c2ccccc2)CCN1C[C@H](C)O. The van der Waals surface area contributed by atoms with Gasteiger partial charge < -0.3 is 10.4 Å². The molecule has 2 rings (SSSR count). The van der Waals surface area contributed by atoms with Crippen LogP contribution in [0.4, 0.5) is 0 Å². The van der Waals surface area contributed by atoms with E-state index in [0.717, 1.165) is 44.7 Å². The van der Waals surface area contributed by atoms with E-state index in [4.69, 9.17) is 0 Å². The van der Waals surface area contributed by atoms with Gasteiger partial charge >= 0.3 is 0 Å². The molecule has 1 aliphatic rings. The Balaban J connectivity index is 1.75. The fraction of sp³-hybridized carbons (Fsp3) is 0.650. The summed E-state index contributed by atoms with van der Waals surface area (Å²) >= 11 is 0. The third-order valence-electron chi connectivity index (χ3n) is 4.99. The summed E-state index contributed by atoms with van der Waals surface area (Å²) in [6, 6.07) is 10.6. The summed E-state index contributed by atoms with van der Waals surface area (Å²) in [5, 5.41) is 12.7. The van der Waals surface area contributed by atoms with Crippen LogP contribution in [-0.4, -0.2) is 65.7 Å². The van der Waals surface area contributed by atoms with Gasteiger partial charge in [0, 0.05) is 45.2 Å². The van der Waals surface area contributed by atoms with Crippen molar-refractivity contribution in [3.8, 4) is 0 Å². The van der Waals surface area contributed by atoms with Crippen molar-refractivity contribution in [2.75, 3.05) is 32.7 Å². The van der Waals surface area contributed by atoms with Crippen molar-refractivity contribution in [1.82, 2.24) is 15.1 Å². The maximum absolute atomic E-state index is 12.2. The number of benzene rings is 1. The van der Waals surface area contributed by atoms with Crippen molar-refractivity contribution in [1.29, 1.82) is 0 Å². The Morgan fingerprint density at radius 2 is 2.00 bits per heavy atom. The second-order valence-electron chi connectivity index (χ2n) is 7.16. The van der Waals surface area contributed by atoms with Crippen LogP contribution in [0.15, 0.2) is 30.3 Å². The van der Waals surface area contributed by atoms with Gasteiger partial charge in [-0.25, -0.2) is 0 Å². The van der Waals surface area contributed by atoms with E-state index in [1.807, 2.05) is 44.2 Å². The first-order valence-corrected chi connectivity index (χ1v) is 9.48. The van der Waals surface area contributed by atoms with Gasteiger partial charge in [0.05, 0.1) is 12.1 Å². The molecule has 0 saturated carbocycles. The van der Waals surface area contributed by atoms with Gasteiger partial charge in [-0.2, -0.15) is 0 Å². The molecule has 1 saturated heterocycles. The molecular formula is C20H33N3O2. The van der Waals surface area contributed by atoms with Crippen molar-refractivity contribution in [3.05, 3.63) is 35.9 Å². The van der Waals surface area contributed by atoms with Crippen LogP contribution < -0.4 is 5.32 Å². The Kier molecular flexibility index (Phi) is 7.88. The third kappa shape index (κ3) is 6.42. The van der Waals surface area contributed by atoms with Crippen LogP contribution in [0.1, 0.15) is 45.2 Å². The number of rotatable bonds is 8. The lowest BCUT2D eigenvalue weighted by Gasteiger charge is -2.41. The normalized spacial score (nSPS) is 21.7. The minimum atomic E-state index is -0.286. The highest BCUT2D eigenvalue weighted by Gasteiger charge is 2.26. The van der Waals surface area contributed by atoms with E-state index in [0.29, 0.717) is 12.5 Å². The molecule has 5 nitrogen and oxygen atoms in total. The fourth-order valence-corrected chi connectivity index (χ4v) is 3.53. The second kappa shape index (κ2) is 9.90. The van der Waals surface area contributed by atoms with E-state index in [1.165, 1.54) is 0 Å². The molecule has 0 bridgehead atoms. The highest BCUT2D eigenvalue weighted by Crippen LogP contribution is 2.14. The quantitative estimate of drug-likeness (QED) is 0.755. The molecule has 1 fully saturated rings. The Morgan fingerprint density at radius 1 is 1.28 bits per heavy atom. The zero-order valence-corrected chi connectivity index (χ0v) is 15.8. The highest BCUT2D eigenvalue weighted by molar-refractivity contribution is 5.76. The number of piperazine rings is 1. The van der Waals surface area contributed by atoms with Crippen LogP contribution in [0.25, 0.3) is 0 Å². The van der Waals surface area contributed by atoms with Gasteiger partial charge in [-0.3, -0.25) is 14.6 Å². The molecule has 1 aromatic rings. The van der Waals surface area contributed by atoms with Gasteiger partial charge in [-0.05, 0) is 25.8 Å². The van der Waals surface area contributed by atoms with Crippen molar-refractivity contribution >= 4 is 5.91 Å². The van der Waals surface area contributed by atoms with Crippen LogP contribution in [0.5, 0.6) is 0 Å². The van der Waals surface area contributed by atoms with E-state index in [-0.39, 0.29) is 18.1 Å². The average Bonchev–Trinajstić information content (AvgIpc) is 2.61. The van der Waals surface area contributed by atoms with Crippen molar-refractivity contribution < 1.29 is 9.90 Å². The van der Waals surface area contributed by atoms with Crippen molar-refractivity contribution in [2.24, 2.45) is 0 Å². The van der Waals surface area contributed by atoms with Crippen LogP contribution >= 0.6 is 0 Å².